The summed E-state index contributed by atoms with van der Waals surface area (Å²) in [5.74, 6) is 0.134. The maximum atomic E-state index is 11.8. The lowest BCUT2D eigenvalue weighted by molar-refractivity contribution is -0.173. The molecule has 5 N–H and O–H groups in total. The van der Waals surface area contributed by atoms with E-state index in [9.17, 15) is 30.0 Å². The Bertz CT molecular complexity index is 388. The molecule has 0 aromatic carbocycles. The zero-order valence-electron chi connectivity index (χ0n) is 15.6. The van der Waals surface area contributed by atoms with Crippen molar-refractivity contribution < 1.29 is 30.0 Å². The molecule has 0 saturated carbocycles. The van der Waals surface area contributed by atoms with Gasteiger partial charge in [-0.1, -0.05) is 52.4 Å². The van der Waals surface area contributed by atoms with Crippen LogP contribution in [0.15, 0.2) is 0 Å². The maximum absolute atomic E-state index is 11.8. The van der Waals surface area contributed by atoms with E-state index in [1.807, 2.05) is 5.32 Å². The number of aliphatic hydroxyl groups excluding tert-OH is 3. The van der Waals surface area contributed by atoms with Crippen LogP contribution in [0, 0.1) is 5.92 Å². The van der Waals surface area contributed by atoms with Gasteiger partial charge < -0.3 is 25.7 Å². The smallest absolute Gasteiger partial charge is 0.224 e. The van der Waals surface area contributed by atoms with Crippen LogP contribution < -0.4 is 5.32 Å². The van der Waals surface area contributed by atoms with E-state index in [-0.39, 0.29) is 12.7 Å². The lowest BCUT2D eigenvalue weighted by atomic mass is 9.98. The number of carbonyl (C=O) groups is 2. The second-order valence-corrected chi connectivity index (χ2v) is 7.22. The number of hydrogen-bond acceptors (Lipinski definition) is 6. The highest BCUT2D eigenvalue weighted by Crippen LogP contribution is 2.14. The summed E-state index contributed by atoms with van der Waals surface area (Å²) < 4.78 is 0. The fourth-order valence-electron chi connectivity index (χ4n) is 2.53. The number of nitrogens with one attached hydrogen (secondary N) is 1. The third-order valence-electron chi connectivity index (χ3n) is 4.22. The minimum Gasteiger partial charge on any atom is -0.391 e. The Morgan fingerprint density at radius 2 is 1.52 bits per heavy atom. The van der Waals surface area contributed by atoms with E-state index in [4.69, 9.17) is 0 Å². The standard InChI is InChI=1S/C18H35NO6/c1-13(2)10-8-6-4-5-7-9-11-15(22)19-18(25,12-20)17(24)16(23)14(3)21/h12-14,16-17,21,23-25H,4-11H2,1-3H3,(H,19,22)/t14-,16-,17+,18+/m1/s1. The van der Waals surface area contributed by atoms with Crippen LogP contribution in [0.25, 0.3) is 0 Å². The second-order valence-electron chi connectivity index (χ2n) is 7.22. The number of aldehydes is 1. The quantitative estimate of drug-likeness (QED) is 0.177. The molecule has 7 nitrogen and oxygen atoms in total. The molecule has 0 heterocycles. The molecule has 25 heavy (non-hydrogen) atoms. The van der Waals surface area contributed by atoms with Crippen LogP contribution in [0.5, 0.6) is 0 Å². The van der Waals surface area contributed by atoms with Crippen LogP contribution >= 0.6 is 0 Å². The van der Waals surface area contributed by atoms with Crippen molar-refractivity contribution in [1.29, 1.82) is 0 Å². The predicted molar refractivity (Wildman–Crippen MR) is 94.6 cm³/mol. The van der Waals surface area contributed by atoms with Crippen molar-refractivity contribution in [2.45, 2.75) is 96.2 Å². The molecule has 4 atom stereocenters. The minimum absolute atomic E-state index is 0.0457. The molecule has 0 aromatic rings. The summed E-state index contributed by atoms with van der Waals surface area (Å²) >= 11 is 0. The van der Waals surface area contributed by atoms with Crippen molar-refractivity contribution in [3.05, 3.63) is 0 Å². The molecular formula is C18H35NO6. The predicted octanol–water partition coefficient (Wildman–Crippen LogP) is 0.869. The first kappa shape index (κ1) is 24.0. The highest BCUT2D eigenvalue weighted by Gasteiger charge is 2.42. The summed E-state index contributed by atoms with van der Waals surface area (Å²) in [7, 11) is 0. The number of aliphatic hydroxyl groups is 4. The number of amides is 1. The van der Waals surface area contributed by atoms with Crippen molar-refractivity contribution in [2.75, 3.05) is 0 Å². The Balaban J connectivity index is 4.08. The van der Waals surface area contributed by atoms with E-state index in [2.05, 4.69) is 13.8 Å². The van der Waals surface area contributed by atoms with Crippen LogP contribution in [0.4, 0.5) is 0 Å². The molecule has 0 aliphatic carbocycles. The van der Waals surface area contributed by atoms with E-state index in [0.29, 0.717) is 6.42 Å². The monoisotopic (exact) mass is 361 g/mol. The van der Waals surface area contributed by atoms with Crippen LogP contribution in [-0.2, 0) is 9.59 Å². The Kier molecular flexibility index (Phi) is 11.8. The number of hydrogen-bond donors (Lipinski definition) is 5. The van der Waals surface area contributed by atoms with Gasteiger partial charge in [0.2, 0.25) is 11.6 Å². The van der Waals surface area contributed by atoms with Gasteiger partial charge in [0.05, 0.1) is 6.10 Å². The third kappa shape index (κ3) is 9.89. The van der Waals surface area contributed by atoms with Gasteiger partial charge in [-0.15, -0.1) is 0 Å². The van der Waals surface area contributed by atoms with E-state index in [0.717, 1.165) is 25.2 Å². The topological polar surface area (TPSA) is 127 Å². The zero-order valence-corrected chi connectivity index (χ0v) is 15.6. The summed E-state index contributed by atoms with van der Waals surface area (Å²) in [6, 6.07) is 0. The number of carbonyl (C=O) groups excluding carboxylic acids is 2. The molecule has 0 aliphatic heterocycles. The largest absolute Gasteiger partial charge is 0.391 e. The average Bonchev–Trinajstić information content (AvgIpc) is 2.55. The van der Waals surface area contributed by atoms with Gasteiger partial charge in [0.15, 0.2) is 6.29 Å². The van der Waals surface area contributed by atoms with Crippen molar-refractivity contribution >= 4 is 12.2 Å². The molecule has 0 unspecified atom stereocenters. The highest BCUT2D eigenvalue weighted by atomic mass is 16.4. The molecule has 0 spiro atoms. The highest BCUT2D eigenvalue weighted by molar-refractivity contribution is 5.81. The van der Waals surface area contributed by atoms with Crippen molar-refractivity contribution in [2.24, 2.45) is 5.92 Å². The second kappa shape index (κ2) is 12.4. The Hall–Kier alpha value is -1.02. The van der Waals surface area contributed by atoms with Gasteiger partial charge in [0, 0.05) is 6.42 Å². The molecule has 0 aliphatic rings. The van der Waals surface area contributed by atoms with Crippen molar-refractivity contribution in [3.63, 3.8) is 0 Å². The molecule has 0 saturated heterocycles. The Morgan fingerprint density at radius 1 is 1.00 bits per heavy atom. The lowest BCUT2D eigenvalue weighted by Crippen LogP contribution is -2.63. The zero-order chi connectivity index (χ0) is 19.5. The summed E-state index contributed by atoms with van der Waals surface area (Å²) in [5, 5.41) is 40.6. The first-order chi connectivity index (χ1) is 11.6. The van der Waals surface area contributed by atoms with E-state index in [1.54, 1.807) is 0 Å². The normalized spacial score (nSPS) is 17.6. The fourth-order valence-corrected chi connectivity index (χ4v) is 2.53. The van der Waals surface area contributed by atoms with Crippen molar-refractivity contribution in [3.8, 4) is 0 Å². The molecule has 0 radical (unpaired) electrons. The first-order valence-corrected chi connectivity index (χ1v) is 9.18. The average molecular weight is 361 g/mol. The molecule has 0 bridgehead atoms. The van der Waals surface area contributed by atoms with Gasteiger partial charge in [-0.05, 0) is 19.3 Å². The van der Waals surface area contributed by atoms with Crippen LogP contribution in [0.2, 0.25) is 0 Å². The molecule has 7 heteroatoms. The summed E-state index contributed by atoms with van der Waals surface area (Å²) in [5.41, 5.74) is -2.62. The Morgan fingerprint density at radius 3 is 2.00 bits per heavy atom. The summed E-state index contributed by atoms with van der Waals surface area (Å²) in [4.78, 5) is 22.9. The molecule has 148 valence electrons. The fraction of sp³-hybridized carbons (Fsp3) is 0.889. The van der Waals surface area contributed by atoms with Gasteiger partial charge in [-0.2, -0.15) is 0 Å². The lowest BCUT2D eigenvalue weighted by Gasteiger charge is -2.32. The van der Waals surface area contributed by atoms with E-state index >= 15 is 0 Å². The van der Waals surface area contributed by atoms with Gasteiger partial charge in [-0.25, -0.2) is 0 Å². The van der Waals surface area contributed by atoms with Gasteiger partial charge in [-0.3, -0.25) is 9.59 Å². The third-order valence-corrected chi connectivity index (χ3v) is 4.22. The number of unbranched alkanes of at least 4 members (excludes halogenated alkanes) is 5. The molecule has 1 amide bonds. The van der Waals surface area contributed by atoms with Crippen LogP contribution in [0.1, 0.15) is 72.1 Å². The van der Waals surface area contributed by atoms with Crippen molar-refractivity contribution in [1.82, 2.24) is 5.32 Å². The van der Waals surface area contributed by atoms with Crippen LogP contribution in [0.3, 0.4) is 0 Å². The molecule has 0 fully saturated rings. The molecule has 0 rings (SSSR count). The van der Waals surface area contributed by atoms with E-state index in [1.165, 1.54) is 26.2 Å². The molecular weight excluding hydrogens is 326 g/mol. The number of rotatable bonds is 14. The van der Waals surface area contributed by atoms with Crippen LogP contribution in [-0.4, -0.2) is 56.7 Å². The van der Waals surface area contributed by atoms with Gasteiger partial charge in [0.1, 0.15) is 12.2 Å². The Labute approximate surface area is 150 Å². The molecule has 0 aromatic heterocycles. The first-order valence-electron chi connectivity index (χ1n) is 9.18. The summed E-state index contributed by atoms with van der Waals surface area (Å²) in [6.45, 7) is 5.61. The maximum Gasteiger partial charge on any atom is 0.224 e. The summed E-state index contributed by atoms with van der Waals surface area (Å²) in [6.07, 6.45) is 2.16. The van der Waals surface area contributed by atoms with E-state index < -0.39 is 29.9 Å². The van der Waals surface area contributed by atoms with Gasteiger partial charge in [0.25, 0.3) is 0 Å². The van der Waals surface area contributed by atoms with Gasteiger partial charge >= 0.3 is 0 Å². The minimum atomic E-state index is -2.62. The SMILES string of the molecule is CC(C)CCCCCCCCC(=O)N[C@](O)(C=O)[C@@H](O)[C@H](O)[C@@H](C)O.